The van der Waals surface area contributed by atoms with E-state index in [2.05, 4.69) is 33.6 Å². The number of fused-ring (bicyclic) bond motifs is 1. The van der Waals surface area contributed by atoms with Crippen molar-refractivity contribution in [3.05, 3.63) is 30.1 Å². The Morgan fingerprint density at radius 3 is 2.81 bits per heavy atom. The molecule has 1 aliphatic carbocycles. The number of morpholine rings is 1. The molecule has 1 aromatic heterocycles. The van der Waals surface area contributed by atoms with Gasteiger partial charge in [-0.1, -0.05) is 0 Å². The molecule has 2 aromatic rings. The summed E-state index contributed by atoms with van der Waals surface area (Å²) in [6.07, 6.45) is 2.95. The van der Waals surface area contributed by atoms with Crippen LogP contribution in [0.3, 0.4) is 0 Å². The number of hydrogen-bond acceptors (Lipinski definition) is 5. The highest BCUT2D eigenvalue weighted by molar-refractivity contribution is 5.97. The number of nitrogens with one attached hydrogen (secondary N) is 1. The van der Waals surface area contributed by atoms with Crippen molar-refractivity contribution in [1.29, 1.82) is 0 Å². The summed E-state index contributed by atoms with van der Waals surface area (Å²) in [7, 11) is 0. The Morgan fingerprint density at radius 2 is 2.07 bits per heavy atom. The number of aliphatic hydroxyl groups is 1. The molecule has 146 valence electrons. The van der Waals surface area contributed by atoms with E-state index in [1.807, 2.05) is 24.5 Å². The van der Waals surface area contributed by atoms with E-state index in [-0.39, 0.29) is 18.0 Å². The zero-order chi connectivity index (χ0) is 19.0. The summed E-state index contributed by atoms with van der Waals surface area (Å²) in [5.41, 5.74) is 2.42. The number of nitrogens with zero attached hydrogens (tertiary/aromatic N) is 3. The standard InChI is InChI=1S/C20H28N4O3/c1-13(2)24-12-21-16-11-14(3-5-17(16)24)20(26)22-15-4-6-18(19(15)25)23-7-9-27-10-8-23/h3,5,11-13,15,18-19,25H,4,6-10H2,1-2H3,(H,22,26)/t15-,18-,19-/m1/s1. The predicted molar refractivity (Wildman–Crippen MR) is 103 cm³/mol. The van der Waals surface area contributed by atoms with Gasteiger partial charge >= 0.3 is 0 Å². The monoisotopic (exact) mass is 372 g/mol. The van der Waals surface area contributed by atoms with Crippen LogP contribution in [0.15, 0.2) is 24.5 Å². The smallest absolute Gasteiger partial charge is 0.251 e. The van der Waals surface area contributed by atoms with Crippen LogP contribution in [0, 0.1) is 0 Å². The quantitative estimate of drug-likeness (QED) is 0.852. The maximum absolute atomic E-state index is 12.7. The van der Waals surface area contributed by atoms with Gasteiger partial charge in [0, 0.05) is 30.7 Å². The first-order chi connectivity index (χ1) is 13.0. The van der Waals surface area contributed by atoms with Crippen molar-refractivity contribution in [3.63, 3.8) is 0 Å². The van der Waals surface area contributed by atoms with E-state index in [1.54, 1.807) is 0 Å². The largest absolute Gasteiger partial charge is 0.389 e. The molecule has 2 heterocycles. The molecule has 3 atom stereocenters. The summed E-state index contributed by atoms with van der Waals surface area (Å²) in [5.74, 6) is -0.150. The number of amides is 1. The van der Waals surface area contributed by atoms with Crippen LogP contribution in [-0.4, -0.2) is 70.0 Å². The molecule has 1 saturated carbocycles. The summed E-state index contributed by atoms with van der Waals surface area (Å²) in [6, 6.07) is 5.81. The van der Waals surface area contributed by atoms with Gasteiger partial charge in [0.25, 0.3) is 5.91 Å². The Balaban J connectivity index is 1.43. The average Bonchev–Trinajstić information content (AvgIpc) is 3.26. The third kappa shape index (κ3) is 3.59. The lowest BCUT2D eigenvalue weighted by atomic mass is 10.1. The molecular weight excluding hydrogens is 344 g/mol. The van der Waals surface area contributed by atoms with Gasteiger partial charge < -0.3 is 19.7 Å². The number of carbonyl (C=O) groups is 1. The molecule has 1 saturated heterocycles. The Hall–Kier alpha value is -1.96. The fourth-order valence-electron chi connectivity index (χ4n) is 4.26. The van der Waals surface area contributed by atoms with Gasteiger partial charge in [0.05, 0.1) is 42.7 Å². The van der Waals surface area contributed by atoms with E-state index in [0.717, 1.165) is 37.0 Å². The Bertz CT molecular complexity index is 813. The summed E-state index contributed by atoms with van der Waals surface area (Å²) < 4.78 is 7.48. The number of rotatable bonds is 4. The van der Waals surface area contributed by atoms with Crippen LogP contribution in [0.2, 0.25) is 0 Å². The van der Waals surface area contributed by atoms with E-state index in [9.17, 15) is 9.90 Å². The lowest BCUT2D eigenvalue weighted by Gasteiger charge is -2.34. The lowest BCUT2D eigenvalue weighted by molar-refractivity contribution is -0.0154. The summed E-state index contributed by atoms with van der Waals surface area (Å²) in [4.78, 5) is 19.4. The van der Waals surface area contributed by atoms with E-state index in [0.29, 0.717) is 24.8 Å². The molecule has 1 aliphatic heterocycles. The minimum Gasteiger partial charge on any atom is -0.389 e. The van der Waals surface area contributed by atoms with Gasteiger partial charge in [-0.05, 0) is 44.9 Å². The van der Waals surface area contributed by atoms with E-state index in [4.69, 9.17) is 4.74 Å². The van der Waals surface area contributed by atoms with Crippen molar-refractivity contribution in [2.24, 2.45) is 0 Å². The van der Waals surface area contributed by atoms with E-state index >= 15 is 0 Å². The van der Waals surface area contributed by atoms with Crippen LogP contribution in [-0.2, 0) is 4.74 Å². The van der Waals surface area contributed by atoms with E-state index in [1.165, 1.54) is 0 Å². The molecular formula is C20H28N4O3. The van der Waals surface area contributed by atoms with Crippen LogP contribution in [0.1, 0.15) is 43.1 Å². The highest BCUT2D eigenvalue weighted by Crippen LogP contribution is 2.26. The molecule has 7 heteroatoms. The molecule has 27 heavy (non-hydrogen) atoms. The van der Waals surface area contributed by atoms with Crippen LogP contribution < -0.4 is 5.32 Å². The normalized spacial score (nSPS) is 26.7. The third-order valence-electron chi connectivity index (χ3n) is 5.80. The minimum absolute atomic E-state index is 0.100. The van der Waals surface area contributed by atoms with Crippen LogP contribution in [0.25, 0.3) is 11.0 Å². The second-order valence-electron chi connectivity index (χ2n) is 7.81. The first-order valence-electron chi connectivity index (χ1n) is 9.82. The highest BCUT2D eigenvalue weighted by atomic mass is 16.5. The Kier molecular flexibility index (Phi) is 5.16. The molecule has 2 fully saturated rings. The fraction of sp³-hybridized carbons (Fsp3) is 0.600. The second kappa shape index (κ2) is 7.58. The van der Waals surface area contributed by atoms with E-state index < -0.39 is 6.10 Å². The number of benzene rings is 1. The number of imidazole rings is 1. The van der Waals surface area contributed by atoms with Crippen molar-refractivity contribution in [2.45, 2.75) is 50.9 Å². The average molecular weight is 372 g/mol. The predicted octanol–water partition coefficient (Wildman–Crippen LogP) is 1.57. The molecule has 0 bridgehead atoms. The number of aliphatic hydroxyl groups excluding tert-OH is 1. The molecule has 4 rings (SSSR count). The summed E-state index contributed by atoms with van der Waals surface area (Å²) in [5, 5.41) is 13.7. The van der Waals surface area contributed by atoms with Crippen LogP contribution in [0.5, 0.6) is 0 Å². The lowest BCUT2D eigenvalue weighted by Crippen LogP contribution is -2.51. The van der Waals surface area contributed by atoms with Crippen molar-refractivity contribution >= 4 is 16.9 Å². The maximum Gasteiger partial charge on any atom is 0.251 e. The van der Waals surface area contributed by atoms with Gasteiger partial charge in [0.1, 0.15) is 0 Å². The molecule has 2 N–H and O–H groups in total. The summed E-state index contributed by atoms with van der Waals surface area (Å²) >= 11 is 0. The van der Waals surface area contributed by atoms with Crippen LogP contribution >= 0.6 is 0 Å². The number of hydrogen-bond donors (Lipinski definition) is 2. The van der Waals surface area contributed by atoms with Crippen molar-refractivity contribution in [1.82, 2.24) is 19.8 Å². The molecule has 0 radical (unpaired) electrons. The zero-order valence-electron chi connectivity index (χ0n) is 16.0. The minimum atomic E-state index is -0.545. The molecule has 2 aliphatic rings. The van der Waals surface area contributed by atoms with Crippen molar-refractivity contribution in [2.75, 3.05) is 26.3 Å². The van der Waals surface area contributed by atoms with Gasteiger partial charge in [-0.3, -0.25) is 9.69 Å². The number of carbonyl (C=O) groups excluding carboxylic acids is 1. The van der Waals surface area contributed by atoms with Crippen LogP contribution in [0.4, 0.5) is 0 Å². The topological polar surface area (TPSA) is 79.6 Å². The molecule has 0 unspecified atom stereocenters. The summed E-state index contributed by atoms with van der Waals surface area (Å²) in [6.45, 7) is 7.32. The first kappa shape index (κ1) is 18.4. The molecule has 7 nitrogen and oxygen atoms in total. The highest BCUT2D eigenvalue weighted by Gasteiger charge is 2.39. The molecule has 0 spiro atoms. The second-order valence-corrected chi connectivity index (χ2v) is 7.81. The fourth-order valence-corrected chi connectivity index (χ4v) is 4.26. The Labute approximate surface area is 159 Å². The van der Waals surface area contributed by atoms with Gasteiger partial charge in [0.15, 0.2) is 0 Å². The van der Waals surface area contributed by atoms with Gasteiger partial charge in [-0.2, -0.15) is 0 Å². The van der Waals surface area contributed by atoms with Crippen molar-refractivity contribution in [3.8, 4) is 0 Å². The Morgan fingerprint density at radius 1 is 1.30 bits per heavy atom. The molecule has 1 amide bonds. The first-order valence-corrected chi connectivity index (χ1v) is 9.82. The molecule has 1 aromatic carbocycles. The maximum atomic E-state index is 12.7. The van der Waals surface area contributed by atoms with Gasteiger partial charge in [0.2, 0.25) is 0 Å². The SMILES string of the molecule is CC(C)n1cnc2cc(C(=O)N[C@@H]3CC[C@@H](N4CCOCC4)[C@@H]3O)ccc21. The van der Waals surface area contributed by atoms with Gasteiger partial charge in [-0.15, -0.1) is 0 Å². The number of ether oxygens (including phenoxy) is 1. The number of aromatic nitrogens is 2. The zero-order valence-corrected chi connectivity index (χ0v) is 16.0. The third-order valence-corrected chi connectivity index (χ3v) is 5.80. The van der Waals surface area contributed by atoms with Crippen molar-refractivity contribution < 1.29 is 14.6 Å². The van der Waals surface area contributed by atoms with Gasteiger partial charge in [-0.25, -0.2) is 4.98 Å².